The summed E-state index contributed by atoms with van der Waals surface area (Å²) in [6, 6.07) is 7.08. The first kappa shape index (κ1) is 13.5. The monoisotopic (exact) mass is 263 g/mol. The minimum atomic E-state index is -0.723. The van der Waals surface area contributed by atoms with Gasteiger partial charge in [0.05, 0.1) is 18.3 Å². The van der Waals surface area contributed by atoms with Crippen molar-refractivity contribution in [2.75, 3.05) is 31.6 Å². The Bertz CT molecular complexity index is 490. The Morgan fingerprint density at radius 2 is 2.16 bits per heavy atom. The number of piperazine rings is 1. The molecule has 0 saturated carbocycles. The van der Waals surface area contributed by atoms with Gasteiger partial charge in [-0.1, -0.05) is 18.2 Å². The molecule has 2 rings (SSSR count). The quantitative estimate of drug-likeness (QED) is 0.677. The minimum Gasteiger partial charge on any atom is -0.387 e. The third-order valence-corrected chi connectivity index (χ3v) is 3.02. The SMILES string of the molecule is CNCC(O)c1ccccc1N1CC(=O)NCC1=O. The van der Waals surface area contributed by atoms with Crippen LogP contribution >= 0.6 is 0 Å². The fourth-order valence-electron chi connectivity index (χ4n) is 2.10. The summed E-state index contributed by atoms with van der Waals surface area (Å²) >= 11 is 0. The molecule has 1 aliphatic heterocycles. The van der Waals surface area contributed by atoms with Gasteiger partial charge in [0.2, 0.25) is 11.8 Å². The van der Waals surface area contributed by atoms with E-state index in [9.17, 15) is 14.7 Å². The molecule has 1 atom stereocenters. The van der Waals surface area contributed by atoms with Gasteiger partial charge in [-0.25, -0.2) is 0 Å². The van der Waals surface area contributed by atoms with Crippen molar-refractivity contribution in [3.8, 4) is 0 Å². The molecule has 0 aromatic heterocycles. The van der Waals surface area contributed by atoms with Crippen LogP contribution in [0.15, 0.2) is 24.3 Å². The second-order valence-electron chi connectivity index (χ2n) is 4.39. The van der Waals surface area contributed by atoms with Gasteiger partial charge in [-0.05, 0) is 13.1 Å². The molecular weight excluding hydrogens is 246 g/mol. The first-order valence-corrected chi connectivity index (χ1v) is 6.12. The number of anilines is 1. The molecule has 1 aliphatic rings. The molecule has 1 fully saturated rings. The number of nitrogens with zero attached hydrogens (tertiary/aromatic N) is 1. The van der Waals surface area contributed by atoms with E-state index in [1.54, 1.807) is 31.3 Å². The topological polar surface area (TPSA) is 81.7 Å². The molecule has 1 aromatic carbocycles. The lowest BCUT2D eigenvalue weighted by Gasteiger charge is -2.29. The number of hydrogen-bond acceptors (Lipinski definition) is 4. The Morgan fingerprint density at radius 3 is 2.89 bits per heavy atom. The van der Waals surface area contributed by atoms with Crippen LogP contribution in [0.4, 0.5) is 5.69 Å². The summed E-state index contributed by atoms with van der Waals surface area (Å²) in [6.07, 6.45) is -0.723. The Balaban J connectivity index is 2.33. The summed E-state index contributed by atoms with van der Waals surface area (Å²) in [7, 11) is 1.74. The molecular formula is C13H17N3O3. The number of benzene rings is 1. The first-order chi connectivity index (χ1) is 9.13. The maximum atomic E-state index is 11.9. The van der Waals surface area contributed by atoms with Gasteiger partial charge >= 0.3 is 0 Å². The van der Waals surface area contributed by atoms with Crippen LogP contribution in [0, 0.1) is 0 Å². The zero-order valence-corrected chi connectivity index (χ0v) is 10.7. The highest BCUT2D eigenvalue weighted by Gasteiger charge is 2.27. The molecule has 1 unspecified atom stereocenters. The Kier molecular flexibility index (Phi) is 4.13. The van der Waals surface area contributed by atoms with E-state index >= 15 is 0 Å². The average Bonchev–Trinajstić information content (AvgIpc) is 2.42. The van der Waals surface area contributed by atoms with Gasteiger partial charge in [0.25, 0.3) is 0 Å². The first-order valence-electron chi connectivity index (χ1n) is 6.12. The van der Waals surface area contributed by atoms with E-state index in [0.29, 0.717) is 17.8 Å². The molecule has 1 heterocycles. The molecule has 2 amide bonds. The number of hydrogen-bond donors (Lipinski definition) is 3. The highest BCUT2D eigenvalue weighted by atomic mass is 16.3. The fourth-order valence-corrected chi connectivity index (χ4v) is 2.10. The second kappa shape index (κ2) is 5.81. The van der Waals surface area contributed by atoms with E-state index in [1.165, 1.54) is 4.90 Å². The molecule has 6 nitrogen and oxygen atoms in total. The predicted octanol–water partition coefficient (Wildman–Crippen LogP) is -0.598. The van der Waals surface area contributed by atoms with E-state index in [2.05, 4.69) is 10.6 Å². The summed E-state index contributed by atoms with van der Waals surface area (Å²) in [5, 5.41) is 15.5. The highest BCUT2D eigenvalue weighted by Crippen LogP contribution is 2.26. The lowest BCUT2D eigenvalue weighted by Crippen LogP contribution is -2.52. The summed E-state index contributed by atoms with van der Waals surface area (Å²) in [4.78, 5) is 24.7. The van der Waals surface area contributed by atoms with Crippen molar-refractivity contribution < 1.29 is 14.7 Å². The van der Waals surface area contributed by atoms with Gasteiger partial charge in [0.15, 0.2) is 0 Å². The molecule has 0 spiro atoms. The number of likely N-dealkylation sites (N-methyl/N-ethyl adjacent to an activating group) is 1. The normalized spacial score (nSPS) is 17.3. The molecule has 1 aromatic rings. The molecule has 102 valence electrons. The van der Waals surface area contributed by atoms with Crippen molar-refractivity contribution in [3.05, 3.63) is 29.8 Å². The van der Waals surface area contributed by atoms with Crippen molar-refractivity contribution in [3.63, 3.8) is 0 Å². The zero-order chi connectivity index (χ0) is 13.8. The molecule has 19 heavy (non-hydrogen) atoms. The van der Waals surface area contributed by atoms with Gasteiger partial charge in [-0.15, -0.1) is 0 Å². The smallest absolute Gasteiger partial charge is 0.246 e. The number of rotatable bonds is 4. The highest BCUT2D eigenvalue weighted by molar-refractivity contribution is 6.04. The number of para-hydroxylation sites is 1. The van der Waals surface area contributed by atoms with Crippen molar-refractivity contribution in [1.29, 1.82) is 0 Å². The van der Waals surface area contributed by atoms with Crippen LogP contribution in [-0.4, -0.2) is 43.6 Å². The van der Waals surface area contributed by atoms with E-state index in [1.807, 2.05) is 0 Å². The molecule has 6 heteroatoms. The van der Waals surface area contributed by atoms with Crippen LogP contribution in [0.5, 0.6) is 0 Å². The molecule has 0 bridgehead atoms. The number of amides is 2. The average molecular weight is 263 g/mol. The molecule has 1 saturated heterocycles. The lowest BCUT2D eigenvalue weighted by atomic mass is 10.1. The number of aliphatic hydroxyl groups excluding tert-OH is 1. The molecule has 3 N–H and O–H groups in total. The van der Waals surface area contributed by atoms with Crippen LogP contribution in [0.1, 0.15) is 11.7 Å². The third kappa shape index (κ3) is 2.91. The van der Waals surface area contributed by atoms with Crippen molar-refractivity contribution in [2.45, 2.75) is 6.10 Å². The minimum absolute atomic E-state index is 0.00467. The van der Waals surface area contributed by atoms with Crippen LogP contribution in [0.25, 0.3) is 0 Å². The van der Waals surface area contributed by atoms with Gasteiger partial charge < -0.3 is 20.6 Å². The number of nitrogens with one attached hydrogen (secondary N) is 2. The van der Waals surface area contributed by atoms with Gasteiger partial charge in [-0.3, -0.25) is 9.59 Å². The zero-order valence-electron chi connectivity index (χ0n) is 10.7. The maximum Gasteiger partial charge on any atom is 0.246 e. The standard InChI is InChI=1S/C13H17N3O3/c1-14-6-11(17)9-4-2-3-5-10(9)16-8-12(18)15-7-13(16)19/h2-5,11,14,17H,6-8H2,1H3,(H,15,18). The summed E-state index contributed by atoms with van der Waals surface area (Å²) in [6.45, 7) is 0.364. The number of carbonyl (C=O) groups is 2. The molecule has 0 radical (unpaired) electrons. The van der Waals surface area contributed by atoms with E-state index in [0.717, 1.165) is 0 Å². The molecule has 0 aliphatic carbocycles. The van der Waals surface area contributed by atoms with Crippen molar-refractivity contribution in [2.24, 2.45) is 0 Å². The predicted molar refractivity (Wildman–Crippen MR) is 70.7 cm³/mol. The fraction of sp³-hybridized carbons (Fsp3) is 0.385. The Morgan fingerprint density at radius 1 is 1.42 bits per heavy atom. The Hall–Kier alpha value is -1.92. The van der Waals surface area contributed by atoms with Gasteiger partial charge in [0, 0.05) is 12.1 Å². The summed E-state index contributed by atoms with van der Waals surface area (Å²) < 4.78 is 0. The van der Waals surface area contributed by atoms with Crippen LogP contribution in [-0.2, 0) is 9.59 Å². The van der Waals surface area contributed by atoms with Crippen molar-refractivity contribution in [1.82, 2.24) is 10.6 Å². The van der Waals surface area contributed by atoms with Gasteiger partial charge in [-0.2, -0.15) is 0 Å². The van der Waals surface area contributed by atoms with Crippen LogP contribution in [0.2, 0.25) is 0 Å². The van der Waals surface area contributed by atoms with E-state index < -0.39 is 6.10 Å². The number of carbonyl (C=O) groups excluding carboxylic acids is 2. The summed E-state index contributed by atoms with van der Waals surface area (Å²) in [5.41, 5.74) is 1.23. The van der Waals surface area contributed by atoms with E-state index in [4.69, 9.17) is 0 Å². The maximum absolute atomic E-state index is 11.9. The third-order valence-electron chi connectivity index (χ3n) is 3.02. The van der Waals surface area contributed by atoms with Gasteiger partial charge in [0.1, 0.15) is 6.54 Å². The van der Waals surface area contributed by atoms with Crippen molar-refractivity contribution >= 4 is 17.5 Å². The summed E-state index contributed by atoms with van der Waals surface area (Å²) in [5.74, 6) is -0.374. The van der Waals surface area contributed by atoms with Crippen LogP contribution < -0.4 is 15.5 Å². The van der Waals surface area contributed by atoms with E-state index in [-0.39, 0.29) is 24.9 Å². The largest absolute Gasteiger partial charge is 0.387 e. The second-order valence-corrected chi connectivity index (χ2v) is 4.39. The number of aliphatic hydroxyl groups is 1. The Labute approximate surface area is 111 Å². The van der Waals surface area contributed by atoms with Crippen LogP contribution in [0.3, 0.4) is 0 Å². The lowest BCUT2D eigenvalue weighted by molar-refractivity contribution is -0.128.